The Morgan fingerprint density at radius 1 is 1.28 bits per heavy atom. The predicted octanol–water partition coefficient (Wildman–Crippen LogP) is 3.64. The van der Waals surface area contributed by atoms with Crippen LogP contribution in [0, 0.1) is 5.41 Å². The Labute approximate surface area is 195 Å². The van der Waals surface area contributed by atoms with Gasteiger partial charge in [0, 0.05) is 37.8 Å². The summed E-state index contributed by atoms with van der Waals surface area (Å²) in [6.07, 6.45) is 3.63. The Morgan fingerprint density at radius 2 is 2.03 bits per heavy atom. The zero-order valence-electron chi connectivity index (χ0n) is 18.0. The molecule has 2 aromatic heterocycles. The maximum Gasteiger partial charge on any atom is 0.266 e. The number of aromatic amines is 1. The molecule has 2 saturated heterocycles. The van der Waals surface area contributed by atoms with Crippen LogP contribution >= 0.6 is 23.2 Å². The number of halogens is 2. The minimum Gasteiger partial charge on any atom is -0.376 e. The summed E-state index contributed by atoms with van der Waals surface area (Å²) in [6, 6.07) is 5.36. The first-order valence-corrected chi connectivity index (χ1v) is 11.5. The molecule has 0 amide bonds. The molecule has 4 N–H and O–H groups in total. The lowest BCUT2D eigenvalue weighted by atomic mass is 9.73. The molecule has 0 unspecified atom stereocenters. The largest absolute Gasteiger partial charge is 0.376 e. The van der Waals surface area contributed by atoms with Crippen molar-refractivity contribution in [3.8, 4) is 0 Å². The maximum absolute atomic E-state index is 13.3. The molecule has 2 atom stereocenters. The lowest BCUT2D eigenvalue weighted by molar-refractivity contribution is 0.0973. The van der Waals surface area contributed by atoms with E-state index in [1.807, 2.05) is 6.92 Å². The summed E-state index contributed by atoms with van der Waals surface area (Å²) in [5.74, 6) is 0.645. The standard InChI is InChI=1S/C22H26Cl2N6O2/c1-12-18(25)22(11-32-12)6-8-30(9-7-22)21-28-19-16(20(31)29(21)2)15(10-26-19)27-14-5-3-4-13(23)17(14)24/h3-5,10,12,18,26-27H,6-9,11,25H2,1-2H3/t12-,18+/m0/s1. The molecule has 2 aliphatic rings. The monoisotopic (exact) mass is 476 g/mol. The number of anilines is 3. The zero-order chi connectivity index (χ0) is 22.6. The Kier molecular flexibility index (Phi) is 5.36. The molecule has 2 aliphatic heterocycles. The third-order valence-corrected chi connectivity index (χ3v) is 7.82. The van der Waals surface area contributed by atoms with Crippen LogP contribution in [0.3, 0.4) is 0 Å². The molecule has 0 radical (unpaired) electrons. The topological polar surface area (TPSA) is 101 Å². The van der Waals surface area contributed by atoms with Crippen molar-refractivity contribution in [2.45, 2.75) is 31.9 Å². The number of hydrogen-bond acceptors (Lipinski definition) is 6. The summed E-state index contributed by atoms with van der Waals surface area (Å²) in [4.78, 5) is 23.4. The number of aromatic nitrogens is 3. The Bertz CT molecular complexity index is 1230. The molecular formula is C22H26Cl2N6O2. The number of nitrogens with one attached hydrogen (secondary N) is 2. The van der Waals surface area contributed by atoms with E-state index in [1.165, 1.54) is 0 Å². The van der Waals surface area contributed by atoms with Crippen molar-refractivity contribution >= 4 is 51.6 Å². The van der Waals surface area contributed by atoms with Gasteiger partial charge < -0.3 is 25.7 Å². The number of fused-ring (bicyclic) bond motifs is 1. The van der Waals surface area contributed by atoms with Crippen molar-refractivity contribution < 1.29 is 4.74 Å². The van der Waals surface area contributed by atoms with Crippen LogP contribution in [0.25, 0.3) is 11.0 Å². The number of hydrogen-bond donors (Lipinski definition) is 3. The van der Waals surface area contributed by atoms with E-state index in [2.05, 4.69) is 15.2 Å². The van der Waals surface area contributed by atoms with E-state index in [0.29, 0.717) is 45.0 Å². The van der Waals surface area contributed by atoms with E-state index >= 15 is 0 Å². The van der Waals surface area contributed by atoms with E-state index in [4.69, 9.17) is 38.7 Å². The van der Waals surface area contributed by atoms with Crippen LogP contribution in [-0.2, 0) is 11.8 Å². The summed E-state index contributed by atoms with van der Waals surface area (Å²) >= 11 is 12.4. The van der Waals surface area contributed by atoms with Crippen molar-refractivity contribution in [2.75, 3.05) is 29.9 Å². The third-order valence-electron chi connectivity index (χ3n) is 7.00. The highest BCUT2D eigenvalue weighted by Crippen LogP contribution is 2.42. The van der Waals surface area contributed by atoms with Crippen LogP contribution in [-0.4, -0.2) is 46.4 Å². The average molecular weight is 477 g/mol. The lowest BCUT2D eigenvalue weighted by Crippen LogP contribution is -2.51. The van der Waals surface area contributed by atoms with Crippen LogP contribution in [0.15, 0.2) is 29.2 Å². The predicted molar refractivity (Wildman–Crippen MR) is 128 cm³/mol. The first-order valence-electron chi connectivity index (χ1n) is 10.7. The fraction of sp³-hybridized carbons (Fsp3) is 0.455. The molecule has 1 aromatic carbocycles. The fourth-order valence-corrected chi connectivity index (χ4v) is 5.25. The van der Waals surface area contributed by atoms with Gasteiger partial charge in [0.2, 0.25) is 5.95 Å². The molecule has 0 saturated carbocycles. The van der Waals surface area contributed by atoms with Crippen molar-refractivity contribution in [3.63, 3.8) is 0 Å². The molecule has 5 rings (SSSR count). The second-order valence-electron chi connectivity index (χ2n) is 8.82. The maximum atomic E-state index is 13.3. The molecule has 8 nitrogen and oxygen atoms in total. The van der Waals surface area contributed by atoms with Crippen LogP contribution in [0.2, 0.25) is 10.0 Å². The van der Waals surface area contributed by atoms with Crippen molar-refractivity contribution in [1.82, 2.24) is 14.5 Å². The minimum atomic E-state index is -0.137. The number of nitrogens with two attached hydrogens (primary N) is 1. The highest BCUT2D eigenvalue weighted by atomic mass is 35.5. The number of nitrogens with zero attached hydrogens (tertiary/aromatic N) is 3. The van der Waals surface area contributed by atoms with Crippen molar-refractivity contribution in [1.29, 1.82) is 0 Å². The van der Waals surface area contributed by atoms with Gasteiger partial charge in [0.25, 0.3) is 5.56 Å². The molecule has 4 heterocycles. The molecule has 0 aliphatic carbocycles. The average Bonchev–Trinajstić information content (AvgIpc) is 3.31. The van der Waals surface area contributed by atoms with Crippen molar-refractivity contribution in [2.24, 2.45) is 18.2 Å². The van der Waals surface area contributed by atoms with Gasteiger partial charge in [-0.3, -0.25) is 9.36 Å². The second-order valence-corrected chi connectivity index (χ2v) is 9.60. The number of benzene rings is 1. The van der Waals surface area contributed by atoms with Crippen LogP contribution in [0.1, 0.15) is 19.8 Å². The summed E-state index contributed by atoms with van der Waals surface area (Å²) in [7, 11) is 1.75. The summed E-state index contributed by atoms with van der Waals surface area (Å²) in [5, 5.41) is 4.51. The van der Waals surface area contributed by atoms with E-state index < -0.39 is 0 Å². The van der Waals surface area contributed by atoms with Crippen LogP contribution < -0.4 is 21.5 Å². The zero-order valence-corrected chi connectivity index (χ0v) is 19.5. The van der Waals surface area contributed by atoms with Gasteiger partial charge in [-0.25, -0.2) is 0 Å². The van der Waals surface area contributed by atoms with Gasteiger partial charge in [-0.1, -0.05) is 29.3 Å². The molecule has 170 valence electrons. The lowest BCUT2D eigenvalue weighted by Gasteiger charge is -2.41. The summed E-state index contributed by atoms with van der Waals surface area (Å²) < 4.78 is 7.43. The smallest absolute Gasteiger partial charge is 0.266 e. The van der Waals surface area contributed by atoms with Gasteiger partial charge in [0.05, 0.1) is 34.1 Å². The number of H-pyrrole nitrogens is 1. The molecule has 2 fully saturated rings. The number of rotatable bonds is 3. The summed E-state index contributed by atoms with van der Waals surface area (Å²) in [5.41, 5.74) is 8.07. The van der Waals surface area contributed by atoms with Gasteiger partial charge in [-0.2, -0.15) is 4.98 Å². The molecule has 3 aromatic rings. The molecule has 1 spiro atoms. The van der Waals surface area contributed by atoms with Gasteiger partial charge in [-0.15, -0.1) is 0 Å². The highest BCUT2D eigenvalue weighted by Gasteiger charge is 2.47. The Balaban J connectivity index is 1.44. The molecule has 10 heteroatoms. The highest BCUT2D eigenvalue weighted by molar-refractivity contribution is 6.43. The van der Waals surface area contributed by atoms with Gasteiger partial charge in [0.1, 0.15) is 11.0 Å². The van der Waals surface area contributed by atoms with E-state index in [9.17, 15) is 4.79 Å². The number of ether oxygens (including phenoxy) is 1. The second kappa shape index (κ2) is 7.95. The first-order chi connectivity index (χ1) is 15.3. The Morgan fingerprint density at radius 3 is 2.72 bits per heavy atom. The fourth-order valence-electron chi connectivity index (χ4n) is 4.90. The van der Waals surface area contributed by atoms with Gasteiger partial charge in [0.15, 0.2) is 0 Å². The van der Waals surface area contributed by atoms with E-state index in [-0.39, 0.29) is 23.1 Å². The van der Waals surface area contributed by atoms with Crippen molar-refractivity contribution in [3.05, 3.63) is 44.8 Å². The molecule has 32 heavy (non-hydrogen) atoms. The first kappa shape index (κ1) is 21.6. The SMILES string of the molecule is C[C@@H]1OCC2(CCN(c3nc4[nH]cc(Nc5cccc(Cl)c5Cl)c4c(=O)n3C)CC2)[C@@H]1N. The Hall–Kier alpha value is -2.26. The normalized spacial score (nSPS) is 22.7. The van der Waals surface area contributed by atoms with E-state index in [1.54, 1.807) is 36.0 Å². The minimum absolute atomic E-state index is 0.0125. The third kappa shape index (κ3) is 3.37. The summed E-state index contributed by atoms with van der Waals surface area (Å²) in [6.45, 7) is 4.30. The number of piperidine rings is 1. The van der Waals surface area contributed by atoms with Crippen LogP contribution in [0.5, 0.6) is 0 Å². The van der Waals surface area contributed by atoms with Gasteiger partial charge >= 0.3 is 0 Å². The van der Waals surface area contributed by atoms with E-state index in [0.717, 1.165) is 25.9 Å². The molecular weight excluding hydrogens is 451 g/mol. The van der Waals surface area contributed by atoms with Crippen LogP contribution in [0.4, 0.5) is 17.3 Å². The molecule has 0 bridgehead atoms. The quantitative estimate of drug-likeness (QED) is 0.533. The van der Waals surface area contributed by atoms with Gasteiger partial charge in [-0.05, 0) is 31.9 Å².